The third-order valence-electron chi connectivity index (χ3n) is 3.81. The highest BCUT2D eigenvalue weighted by atomic mass is 127. The number of rotatable bonds is 8. The van der Waals surface area contributed by atoms with Gasteiger partial charge in [0.05, 0.1) is 13.1 Å². The van der Waals surface area contributed by atoms with Crippen LogP contribution in [0.25, 0.3) is 0 Å². The maximum absolute atomic E-state index is 12.3. The van der Waals surface area contributed by atoms with Crippen LogP contribution in [-0.2, 0) is 12.1 Å². The summed E-state index contributed by atoms with van der Waals surface area (Å²) in [5.74, 6) is 0.642. The molecular weight excluding hydrogens is 518 g/mol. The Labute approximate surface area is 189 Å². The molecule has 0 saturated heterocycles. The molecule has 2 rings (SSSR count). The summed E-state index contributed by atoms with van der Waals surface area (Å²) in [5.41, 5.74) is 0.471. The predicted octanol–water partition coefficient (Wildman–Crippen LogP) is 4.27. The molecule has 2 aromatic rings. The lowest BCUT2D eigenvalue weighted by molar-refractivity contribution is -0.153. The largest absolute Gasteiger partial charge is 0.484 e. The highest BCUT2D eigenvalue weighted by molar-refractivity contribution is 14.0. The zero-order valence-corrected chi connectivity index (χ0v) is 19.3. The average molecular weight is 543 g/mol. The number of hydrogen-bond acceptors (Lipinski definition) is 4. The Bertz CT molecular complexity index is 768. The van der Waals surface area contributed by atoms with E-state index in [1.54, 1.807) is 19.1 Å². The van der Waals surface area contributed by atoms with Gasteiger partial charge >= 0.3 is 6.18 Å². The minimum atomic E-state index is -4.38. The molecule has 0 aliphatic heterocycles. The van der Waals surface area contributed by atoms with Gasteiger partial charge in [-0.3, -0.25) is 0 Å². The first-order valence-corrected chi connectivity index (χ1v) is 9.69. The number of ether oxygens (including phenoxy) is 1. The van der Waals surface area contributed by atoms with Crippen LogP contribution in [-0.4, -0.2) is 36.9 Å². The Morgan fingerprint density at radius 2 is 2.00 bits per heavy atom. The Hall–Kier alpha value is -1.53. The van der Waals surface area contributed by atoms with Crippen LogP contribution in [0.5, 0.6) is 5.75 Å². The van der Waals surface area contributed by atoms with E-state index in [1.165, 1.54) is 23.5 Å². The summed E-state index contributed by atoms with van der Waals surface area (Å²) >= 11 is 1.51. The maximum Gasteiger partial charge on any atom is 0.422 e. The van der Waals surface area contributed by atoms with Crippen LogP contribution in [0.4, 0.5) is 13.2 Å². The van der Waals surface area contributed by atoms with Crippen molar-refractivity contribution in [3.05, 3.63) is 52.2 Å². The molecule has 1 heterocycles. The third kappa shape index (κ3) is 9.22. The second-order valence-electron chi connectivity index (χ2n) is 6.39. The molecule has 0 fully saturated rings. The van der Waals surface area contributed by atoms with E-state index < -0.39 is 18.4 Å². The first-order chi connectivity index (χ1) is 13.2. The van der Waals surface area contributed by atoms with Crippen molar-refractivity contribution in [1.82, 2.24) is 10.6 Å². The van der Waals surface area contributed by atoms with E-state index in [0.29, 0.717) is 18.1 Å². The van der Waals surface area contributed by atoms with Gasteiger partial charge in [0.25, 0.3) is 0 Å². The van der Waals surface area contributed by atoms with Gasteiger partial charge in [-0.05, 0) is 53.9 Å². The smallest absolute Gasteiger partial charge is 0.422 e. The number of thiophene rings is 1. The summed E-state index contributed by atoms with van der Waals surface area (Å²) in [6.45, 7) is 3.43. The lowest BCUT2D eigenvalue weighted by atomic mass is 9.99. The Balaban J connectivity index is 0.00000420. The van der Waals surface area contributed by atoms with E-state index in [0.717, 1.165) is 5.56 Å². The van der Waals surface area contributed by atoms with Crippen molar-refractivity contribution in [3.63, 3.8) is 0 Å². The van der Waals surface area contributed by atoms with Gasteiger partial charge in [0.1, 0.15) is 11.4 Å². The number of nitrogens with one attached hydrogen (secondary N) is 2. The number of nitrogens with zero attached hydrogens (tertiary/aromatic N) is 1. The van der Waals surface area contributed by atoms with Gasteiger partial charge in [-0.2, -0.15) is 24.5 Å². The van der Waals surface area contributed by atoms with Crippen molar-refractivity contribution in [2.75, 3.05) is 19.7 Å². The topological polar surface area (TPSA) is 65.9 Å². The van der Waals surface area contributed by atoms with Crippen molar-refractivity contribution in [1.29, 1.82) is 0 Å². The molecular formula is C19H25F3IN3O2S. The fourth-order valence-corrected chi connectivity index (χ4v) is 3.12. The van der Waals surface area contributed by atoms with Crippen LogP contribution in [0, 0.1) is 0 Å². The molecule has 0 spiro atoms. The molecule has 3 N–H and O–H groups in total. The first-order valence-electron chi connectivity index (χ1n) is 8.75. The fraction of sp³-hybridized carbons (Fsp3) is 0.421. The summed E-state index contributed by atoms with van der Waals surface area (Å²) in [6.07, 6.45) is -4.38. The van der Waals surface area contributed by atoms with Crippen molar-refractivity contribution < 1.29 is 23.0 Å². The van der Waals surface area contributed by atoms with Crippen molar-refractivity contribution >= 4 is 41.3 Å². The van der Waals surface area contributed by atoms with Crippen LogP contribution in [0.1, 0.15) is 25.0 Å². The second-order valence-corrected chi connectivity index (χ2v) is 7.17. The molecule has 0 amide bonds. The minimum Gasteiger partial charge on any atom is -0.484 e. The molecule has 5 nitrogen and oxygen atoms in total. The molecule has 0 bridgehead atoms. The molecule has 1 atom stereocenters. The first kappa shape index (κ1) is 25.5. The van der Waals surface area contributed by atoms with Gasteiger partial charge in [-0.1, -0.05) is 12.1 Å². The Morgan fingerprint density at radius 3 is 2.62 bits per heavy atom. The zero-order chi connectivity index (χ0) is 20.6. The Kier molecular flexibility index (Phi) is 10.2. The van der Waals surface area contributed by atoms with Crippen molar-refractivity contribution in [2.45, 2.75) is 32.2 Å². The summed E-state index contributed by atoms with van der Waals surface area (Å²) in [4.78, 5) is 4.43. The number of halogens is 4. The number of aliphatic imine (C=N–C) groups is 1. The average Bonchev–Trinajstić information content (AvgIpc) is 3.18. The van der Waals surface area contributed by atoms with E-state index in [2.05, 4.69) is 15.6 Å². The fourth-order valence-electron chi connectivity index (χ4n) is 2.34. The molecule has 1 aromatic carbocycles. The summed E-state index contributed by atoms with van der Waals surface area (Å²) in [5, 5.41) is 20.6. The molecule has 1 aromatic heterocycles. The van der Waals surface area contributed by atoms with Gasteiger partial charge in [0, 0.05) is 6.54 Å². The highest BCUT2D eigenvalue weighted by Crippen LogP contribution is 2.22. The number of hydrogen-bond donors (Lipinski definition) is 3. The van der Waals surface area contributed by atoms with Gasteiger partial charge in [-0.15, -0.1) is 24.0 Å². The van der Waals surface area contributed by atoms with Gasteiger partial charge < -0.3 is 20.5 Å². The second kappa shape index (κ2) is 11.6. The molecule has 10 heteroatoms. The van der Waals surface area contributed by atoms with Gasteiger partial charge in [0.2, 0.25) is 0 Å². The van der Waals surface area contributed by atoms with Gasteiger partial charge in [-0.25, -0.2) is 4.99 Å². The van der Waals surface area contributed by atoms with Crippen LogP contribution >= 0.6 is 35.3 Å². The number of aliphatic hydroxyl groups is 1. The standard InChI is InChI=1S/C19H24F3N3O2S.HI/c1-3-23-17(25-12-18(2,26)15-7-8-28-11-15)24-10-14-5-4-6-16(9-14)27-13-19(20,21)22;/h4-9,11,26H,3,10,12-13H2,1-2H3,(H2,23,24,25);1H. The third-order valence-corrected chi connectivity index (χ3v) is 4.49. The predicted molar refractivity (Wildman–Crippen MR) is 120 cm³/mol. The molecule has 29 heavy (non-hydrogen) atoms. The molecule has 0 aliphatic rings. The number of alkyl halides is 3. The van der Waals surface area contributed by atoms with Crippen LogP contribution in [0.3, 0.4) is 0 Å². The zero-order valence-electron chi connectivity index (χ0n) is 16.1. The van der Waals surface area contributed by atoms with Crippen molar-refractivity contribution in [3.8, 4) is 5.75 Å². The van der Waals surface area contributed by atoms with Crippen LogP contribution in [0.2, 0.25) is 0 Å². The quantitative estimate of drug-likeness (QED) is 0.265. The number of benzene rings is 1. The summed E-state index contributed by atoms with van der Waals surface area (Å²) < 4.78 is 41.6. The normalized spacial score (nSPS) is 13.9. The lowest BCUT2D eigenvalue weighted by Gasteiger charge is -2.24. The van der Waals surface area contributed by atoms with Crippen LogP contribution in [0.15, 0.2) is 46.1 Å². The van der Waals surface area contributed by atoms with Gasteiger partial charge in [0.15, 0.2) is 12.6 Å². The van der Waals surface area contributed by atoms with E-state index in [9.17, 15) is 18.3 Å². The molecule has 162 valence electrons. The molecule has 0 aliphatic carbocycles. The maximum atomic E-state index is 12.3. The van der Waals surface area contributed by atoms with Crippen molar-refractivity contribution in [2.24, 2.45) is 4.99 Å². The molecule has 0 radical (unpaired) electrons. The number of guanidine groups is 1. The minimum absolute atomic E-state index is 0. The lowest BCUT2D eigenvalue weighted by Crippen LogP contribution is -2.44. The molecule has 1 unspecified atom stereocenters. The summed E-state index contributed by atoms with van der Waals surface area (Å²) in [6, 6.07) is 8.25. The van der Waals surface area contributed by atoms with Crippen LogP contribution < -0.4 is 15.4 Å². The van der Waals surface area contributed by atoms with E-state index in [-0.39, 0.29) is 42.8 Å². The SMILES string of the molecule is CCNC(=NCc1cccc(OCC(F)(F)F)c1)NCC(C)(O)c1ccsc1.I. The summed E-state index contributed by atoms with van der Waals surface area (Å²) in [7, 11) is 0. The molecule has 0 saturated carbocycles. The highest BCUT2D eigenvalue weighted by Gasteiger charge is 2.28. The van der Waals surface area contributed by atoms with E-state index in [1.807, 2.05) is 23.8 Å². The van der Waals surface area contributed by atoms with E-state index in [4.69, 9.17) is 4.74 Å². The van der Waals surface area contributed by atoms with E-state index >= 15 is 0 Å². The monoisotopic (exact) mass is 543 g/mol. The Morgan fingerprint density at radius 1 is 1.24 bits per heavy atom.